The summed E-state index contributed by atoms with van der Waals surface area (Å²) in [6, 6.07) is 1.17. The molecule has 8 rings (SSSR count). The molecule has 5 saturated heterocycles. The molecule has 2 aromatic rings. The minimum absolute atomic E-state index is 0.0183. The lowest BCUT2D eigenvalue weighted by Crippen LogP contribution is -2.64. The van der Waals surface area contributed by atoms with Crippen molar-refractivity contribution < 1.29 is 67.0 Å². The number of aromatic nitrogens is 2. The van der Waals surface area contributed by atoms with Crippen molar-refractivity contribution in [3.05, 3.63) is 63.9 Å². The Kier molecular flexibility index (Phi) is 20.0. The molecule has 27 nitrogen and oxygen atoms in total. The van der Waals surface area contributed by atoms with E-state index in [9.17, 15) is 53.2 Å². The molecule has 28 heteroatoms. The number of aliphatic hydroxyl groups excluding tert-OH is 2. The van der Waals surface area contributed by atoms with Gasteiger partial charge in [-0.05, 0) is 125 Å². The van der Waals surface area contributed by atoms with E-state index in [0.717, 1.165) is 28.0 Å². The highest BCUT2D eigenvalue weighted by Gasteiger charge is 2.68. The number of imidazole rings is 1. The van der Waals surface area contributed by atoms with Crippen molar-refractivity contribution in [2.45, 2.75) is 207 Å². The van der Waals surface area contributed by atoms with Crippen LogP contribution in [-0.2, 0) is 51.9 Å². The molecule has 1 aromatic heterocycles. The van der Waals surface area contributed by atoms with Crippen molar-refractivity contribution in [1.29, 1.82) is 0 Å². The van der Waals surface area contributed by atoms with Gasteiger partial charge in [-0.1, -0.05) is 34.6 Å². The van der Waals surface area contributed by atoms with Crippen molar-refractivity contribution in [1.82, 2.24) is 36.1 Å². The van der Waals surface area contributed by atoms with Crippen LogP contribution in [0.3, 0.4) is 0 Å². The Morgan fingerprint density at radius 3 is 1.91 bits per heavy atom. The molecule has 5 fully saturated rings. The maximum Gasteiger partial charge on any atom is 0.472 e. The predicted molar refractivity (Wildman–Crippen MR) is 332 cm³/mol. The fourth-order valence-electron chi connectivity index (χ4n) is 16.7. The van der Waals surface area contributed by atoms with Crippen LogP contribution in [0, 0.1) is 59.2 Å². The number of hydrogen-bond donors (Lipinski definition) is 14. The van der Waals surface area contributed by atoms with E-state index >= 15 is 0 Å². The van der Waals surface area contributed by atoms with Gasteiger partial charge in [-0.2, -0.15) is 0 Å². The van der Waals surface area contributed by atoms with E-state index < -0.39 is 156 Å². The quantitative estimate of drug-likeness (QED) is 0.0596. The van der Waals surface area contributed by atoms with Crippen LogP contribution in [0.15, 0.2) is 52.8 Å². The first-order chi connectivity index (χ1) is 41.8. The van der Waals surface area contributed by atoms with Gasteiger partial charge in [-0.15, -0.1) is 0 Å². The number of phosphoric acid groups is 1. The average molecular weight is 1280 g/mol. The Balaban J connectivity index is 1.18. The lowest BCUT2D eigenvalue weighted by atomic mass is 9.56. The molecule has 20 N–H and O–H groups in total. The summed E-state index contributed by atoms with van der Waals surface area (Å²) in [5, 5.41) is 40.2. The third-order valence-electron chi connectivity index (χ3n) is 21.7. The lowest BCUT2D eigenvalue weighted by Gasteiger charge is -2.49. The third-order valence-corrected chi connectivity index (χ3v) is 22.8. The molecule has 0 aliphatic carbocycles. The number of nitrogens with two attached hydrogens (primary N) is 6. The molecular weight excluding hydrogens is 1180 g/mol. The van der Waals surface area contributed by atoms with Crippen molar-refractivity contribution >= 4 is 60.2 Å². The second-order valence-corrected chi connectivity index (χ2v) is 29.2. The standard InChI is InChI=1S/C62H96N13O14P/c1-29-20-39-40(21-30(29)2)75(28-70-39)57-52(84)53(41(27-76)87-57)89-90(85,86)88-31(3)26-69-49(83)18-19-59(8)37(22-46(66)80)56-62(11)61(10,25-48(68)82)36(14-17-45(65)79)51(74-62)33(5)55-60(9,24-47(67)81)34(12-15-43(63)77)38(71-55)23-42-58(6,7)35(13-16-44(64)78)50(72-42)32(4)54(59)73-56/h20-21,23,28,31,34-38,41,50-53,56-57,71-74,76,84H,12-19,22,24-27H2,1-11H3,(H2,63,77)(H2,64,78)(H2,65,79)(H2,66,80)(H2,67,81)(H2,68,82)(H,69,83)(H,85,86)/b42-23-,54-32-,55-33-/t31-,34-,35-,36-,37+,38-,41-,50?,51?,52-,53-,56-,57+,59-,60+,61+,62+/m1/s1. The number of phosphoric ester groups is 1. The number of fused-ring (bicyclic) bond motifs is 10. The number of rotatable bonds is 26. The number of allylic oxidation sites excluding steroid dienone is 3. The number of ether oxygens (including phenoxy) is 1. The normalized spacial score (nSPS) is 36.7. The van der Waals surface area contributed by atoms with E-state index in [1.54, 1.807) is 4.57 Å². The molecule has 6 aliphatic rings. The molecule has 6 aliphatic heterocycles. The van der Waals surface area contributed by atoms with Gasteiger partial charge in [-0.25, -0.2) is 9.55 Å². The Morgan fingerprint density at radius 2 is 1.32 bits per heavy atom. The fourth-order valence-corrected chi connectivity index (χ4v) is 17.8. The van der Waals surface area contributed by atoms with Crippen molar-refractivity contribution in [2.24, 2.45) is 79.7 Å². The Labute approximate surface area is 525 Å². The summed E-state index contributed by atoms with van der Waals surface area (Å²) in [6.07, 6.45) is -3.15. The van der Waals surface area contributed by atoms with Gasteiger partial charge in [-0.3, -0.25) is 42.6 Å². The fraction of sp³-hybridized carbons (Fsp3) is 0.677. The van der Waals surface area contributed by atoms with E-state index in [4.69, 9.17) is 48.2 Å². The van der Waals surface area contributed by atoms with Crippen LogP contribution in [0.2, 0.25) is 0 Å². The first kappa shape index (κ1) is 69.4. The number of aryl methyl sites for hydroxylation is 2. The molecule has 3 unspecified atom stereocenters. The molecule has 0 spiro atoms. The largest absolute Gasteiger partial charge is 0.472 e. The van der Waals surface area contributed by atoms with Crippen LogP contribution in [0.1, 0.15) is 150 Å². The minimum Gasteiger partial charge on any atom is -0.394 e. The van der Waals surface area contributed by atoms with Crippen LogP contribution in [0.5, 0.6) is 0 Å². The first-order valence-electron chi connectivity index (χ1n) is 31.1. The van der Waals surface area contributed by atoms with E-state index in [1.165, 1.54) is 13.3 Å². The number of primary amides is 6. The highest BCUT2D eigenvalue weighted by atomic mass is 31.2. The molecule has 7 amide bonds. The molecule has 0 radical (unpaired) electrons. The van der Waals surface area contributed by atoms with Gasteiger partial charge in [0.1, 0.15) is 18.3 Å². The summed E-state index contributed by atoms with van der Waals surface area (Å²) in [5.41, 5.74) is 37.8. The Hall–Kier alpha value is -6.45. The smallest absolute Gasteiger partial charge is 0.394 e. The van der Waals surface area contributed by atoms with E-state index in [-0.39, 0.29) is 76.7 Å². The topological polar surface area (TPSA) is 459 Å². The molecular formula is C62H96N13O14P. The highest BCUT2D eigenvalue weighted by Crippen LogP contribution is 2.62. The molecule has 8 bridgehead atoms. The number of nitrogens with zero attached hydrogens (tertiary/aromatic N) is 2. The molecule has 7 heterocycles. The Morgan fingerprint density at radius 1 is 0.744 bits per heavy atom. The van der Waals surface area contributed by atoms with Crippen LogP contribution < -0.4 is 61.0 Å². The zero-order valence-electron chi connectivity index (χ0n) is 53.6. The second kappa shape index (κ2) is 25.9. The summed E-state index contributed by atoms with van der Waals surface area (Å²) in [7, 11) is -5.05. The van der Waals surface area contributed by atoms with Gasteiger partial charge in [0.05, 0.1) is 36.1 Å². The SMILES string of the molecule is C/C1=C2/N[C@H]([C@H](CC(N)=O)[C@@]2(C)CCC(=O)NC[C@@H](C)OP(=O)(O)O[C@H]2[C@@H](O)[C@@H](n3cnc4cc(C)c(C)cc43)O[C@@H]2CO)[C@]2(C)NC(/C(C)=C3\N[C@H](/C=C4\NC1[C@@H](CCC(N)=O)C4(C)C)[C@@H](CCC(N)=O)[C@]3(C)CC(N)=O)[C@@H](CCC(N)=O)[C@]2(C)CC(N)=O. The van der Waals surface area contributed by atoms with Gasteiger partial charge in [0.2, 0.25) is 41.4 Å². The van der Waals surface area contributed by atoms with E-state index in [2.05, 4.69) is 51.5 Å². The van der Waals surface area contributed by atoms with Crippen molar-refractivity contribution in [2.75, 3.05) is 13.2 Å². The number of nitrogens with one attached hydrogen (secondary N) is 5. The number of benzene rings is 1. The van der Waals surface area contributed by atoms with Crippen LogP contribution >= 0.6 is 7.82 Å². The molecule has 18 atom stereocenters. The number of carbonyl (C=O) groups excluding carboxylic acids is 7. The van der Waals surface area contributed by atoms with Crippen molar-refractivity contribution in [3.8, 4) is 0 Å². The zero-order valence-corrected chi connectivity index (χ0v) is 54.5. The summed E-state index contributed by atoms with van der Waals surface area (Å²) in [5.74, 6) is -6.20. The van der Waals surface area contributed by atoms with E-state index in [0.29, 0.717) is 28.8 Å². The third kappa shape index (κ3) is 13.2. The van der Waals surface area contributed by atoms with Gasteiger partial charge in [0.15, 0.2) is 6.23 Å². The van der Waals surface area contributed by atoms with Crippen LogP contribution in [-0.4, -0.2) is 133 Å². The van der Waals surface area contributed by atoms with Crippen molar-refractivity contribution in [3.63, 3.8) is 0 Å². The summed E-state index contributed by atoms with van der Waals surface area (Å²) >= 11 is 0. The number of aliphatic hydroxyl groups is 2. The van der Waals surface area contributed by atoms with Gasteiger partial charge in [0.25, 0.3) is 0 Å². The number of carbonyl (C=O) groups is 7. The first-order valence-corrected chi connectivity index (χ1v) is 32.6. The van der Waals surface area contributed by atoms with Gasteiger partial charge in [0, 0.05) is 120 Å². The lowest BCUT2D eigenvalue weighted by molar-refractivity contribution is -0.124. The highest BCUT2D eigenvalue weighted by molar-refractivity contribution is 7.47. The Bertz CT molecular complexity index is 3330. The summed E-state index contributed by atoms with van der Waals surface area (Å²) < 4.78 is 32.3. The van der Waals surface area contributed by atoms with E-state index in [1.807, 2.05) is 67.5 Å². The zero-order chi connectivity index (χ0) is 66.7. The van der Waals surface area contributed by atoms with Crippen LogP contribution in [0.4, 0.5) is 0 Å². The maximum atomic E-state index is 14.4. The number of amides is 7. The molecule has 0 saturated carbocycles. The summed E-state index contributed by atoms with van der Waals surface area (Å²) in [4.78, 5) is 109. The van der Waals surface area contributed by atoms with Gasteiger partial charge >= 0.3 is 7.82 Å². The number of hydrogen-bond acceptors (Lipinski definition) is 18. The van der Waals surface area contributed by atoms with Gasteiger partial charge < -0.3 is 85.4 Å². The maximum absolute atomic E-state index is 14.4. The molecule has 90 heavy (non-hydrogen) atoms. The monoisotopic (exact) mass is 1280 g/mol. The summed E-state index contributed by atoms with van der Waals surface area (Å²) in [6.45, 7) is 20.1. The second-order valence-electron chi connectivity index (χ2n) is 27.9. The predicted octanol–water partition coefficient (Wildman–Crippen LogP) is 1.71. The molecule has 498 valence electrons. The molecule has 1 aromatic carbocycles. The minimum atomic E-state index is -5.05. The van der Waals surface area contributed by atoms with Crippen LogP contribution in [0.25, 0.3) is 11.0 Å². The average Bonchev–Trinajstić information content (AvgIpc) is 1.53.